The molecule has 13 nitrogen and oxygen atoms in total. The fraction of sp³-hybridized carbons (Fsp3) is 0.575. The summed E-state index contributed by atoms with van der Waals surface area (Å²) >= 11 is 1.55. The van der Waals surface area contributed by atoms with Crippen LogP contribution in [0.15, 0.2) is 70.0 Å². The molecule has 1 saturated carbocycles. The number of hydrogen-bond donors (Lipinski definition) is 3. The Labute approximate surface area is 329 Å². The summed E-state index contributed by atoms with van der Waals surface area (Å²) in [5.74, 6) is -0.429. The first-order valence-corrected chi connectivity index (χ1v) is 21.8. The number of sulfonamides is 1. The molecular formula is C40H57N7O6S2. The molecule has 15 heteroatoms. The molecule has 2 aromatic carbocycles. The number of nitrogens with one attached hydrogen (secondary N) is 2. The lowest BCUT2D eigenvalue weighted by molar-refractivity contribution is -0.128. The molecule has 3 amide bonds. The van der Waals surface area contributed by atoms with E-state index >= 15 is 0 Å². The highest BCUT2D eigenvalue weighted by Gasteiger charge is 2.41. The molecule has 1 aliphatic heterocycles. The van der Waals surface area contributed by atoms with Crippen molar-refractivity contribution in [3.8, 4) is 0 Å². The number of carbonyl (C=O) groups excluding carboxylic acids is 2. The van der Waals surface area contributed by atoms with Gasteiger partial charge in [0.15, 0.2) is 0 Å². The Morgan fingerprint density at radius 3 is 2.42 bits per heavy atom. The molecule has 4 atom stereocenters. The highest BCUT2D eigenvalue weighted by Crippen LogP contribution is 2.29. The number of aliphatic hydroxyl groups excluding tert-OH is 1. The van der Waals surface area contributed by atoms with Crippen LogP contribution in [-0.2, 0) is 40.9 Å². The van der Waals surface area contributed by atoms with Gasteiger partial charge in [-0.2, -0.15) is 9.21 Å². The lowest BCUT2D eigenvalue weighted by atomic mass is 9.95. The summed E-state index contributed by atoms with van der Waals surface area (Å²) in [4.78, 5) is 47.3. The summed E-state index contributed by atoms with van der Waals surface area (Å²) in [5, 5.41) is 24.3. The molecule has 2 fully saturated rings. The van der Waals surface area contributed by atoms with E-state index in [4.69, 9.17) is 4.98 Å². The van der Waals surface area contributed by atoms with Gasteiger partial charge in [0.05, 0.1) is 29.3 Å². The number of aromatic nitrogens is 1. The van der Waals surface area contributed by atoms with E-state index in [0.29, 0.717) is 44.2 Å². The molecule has 5 rings (SSSR count). The predicted molar refractivity (Wildman–Crippen MR) is 215 cm³/mol. The van der Waals surface area contributed by atoms with E-state index < -0.39 is 28.2 Å². The minimum Gasteiger partial charge on any atom is -0.390 e. The molecule has 2 aliphatic rings. The minimum atomic E-state index is -4.06. The molecule has 0 unspecified atom stereocenters. The van der Waals surface area contributed by atoms with Crippen LogP contribution in [0.25, 0.3) is 0 Å². The van der Waals surface area contributed by atoms with Crippen LogP contribution in [0, 0.1) is 16.7 Å². The van der Waals surface area contributed by atoms with Crippen molar-refractivity contribution in [3.63, 3.8) is 0 Å². The SMILES string of the molecule is CC[C@H](C)[C@@H](C(=O)N[C@@H](Cc1ccccc1)[C@H](O)CN(CC1CCCC1)S(=O)(=O)c1ccc(CN=O)cc1)N1CCN(Cc2csc(CNC(C)C)n2)C1=O. The average Bonchev–Trinajstić information content (AvgIpc) is 3.94. The van der Waals surface area contributed by atoms with E-state index in [9.17, 15) is 28.0 Å². The first kappa shape index (κ1) is 42.4. The van der Waals surface area contributed by atoms with Gasteiger partial charge in [0.1, 0.15) is 17.6 Å². The maximum absolute atomic E-state index is 14.4. The highest BCUT2D eigenvalue weighted by atomic mass is 32.2. The normalized spacial score (nSPS) is 17.5. The lowest BCUT2D eigenvalue weighted by Gasteiger charge is -2.35. The molecule has 0 radical (unpaired) electrons. The largest absolute Gasteiger partial charge is 0.390 e. The maximum atomic E-state index is 14.4. The summed E-state index contributed by atoms with van der Waals surface area (Å²) in [6.07, 6.45) is 3.45. The van der Waals surface area contributed by atoms with Crippen molar-refractivity contribution in [3.05, 3.63) is 86.7 Å². The zero-order valence-corrected chi connectivity index (χ0v) is 34.1. The maximum Gasteiger partial charge on any atom is 0.321 e. The van der Waals surface area contributed by atoms with Crippen LogP contribution >= 0.6 is 11.3 Å². The number of benzene rings is 2. The Hall–Kier alpha value is -3.76. The molecule has 3 N–H and O–H groups in total. The molecule has 1 aliphatic carbocycles. The Morgan fingerprint density at radius 2 is 1.76 bits per heavy atom. The van der Waals surface area contributed by atoms with E-state index in [0.717, 1.165) is 41.9 Å². The highest BCUT2D eigenvalue weighted by molar-refractivity contribution is 7.89. The Morgan fingerprint density at radius 1 is 1.05 bits per heavy atom. The van der Waals surface area contributed by atoms with E-state index in [1.165, 1.54) is 16.4 Å². The van der Waals surface area contributed by atoms with E-state index in [-0.39, 0.29) is 54.7 Å². The number of nitroso groups, excluding NO2 is 1. The van der Waals surface area contributed by atoms with Crippen LogP contribution in [0.5, 0.6) is 0 Å². The van der Waals surface area contributed by atoms with Gasteiger partial charge in [0.2, 0.25) is 15.9 Å². The summed E-state index contributed by atoms with van der Waals surface area (Å²) < 4.78 is 29.7. The van der Waals surface area contributed by atoms with Crippen LogP contribution in [-0.4, -0.2) is 95.0 Å². The van der Waals surface area contributed by atoms with Crippen molar-refractivity contribution >= 4 is 33.3 Å². The lowest BCUT2D eigenvalue weighted by Crippen LogP contribution is -2.57. The van der Waals surface area contributed by atoms with E-state index in [1.54, 1.807) is 33.3 Å². The number of hydrogen-bond acceptors (Lipinski definition) is 10. The summed E-state index contributed by atoms with van der Waals surface area (Å²) in [6, 6.07) is 14.0. The fourth-order valence-electron chi connectivity index (χ4n) is 7.42. The second-order valence-corrected chi connectivity index (χ2v) is 18.2. The minimum absolute atomic E-state index is 0.0611. The number of nitrogens with zero attached hydrogens (tertiary/aromatic N) is 5. The first-order chi connectivity index (χ1) is 26.4. The van der Waals surface area contributed by atoms with Gasteiger partial charge >= 0.3 is 6.03 Å². The van der Waals surface area contributed by atoms with E-state index in [2.05, 4.69) is 29.7 Å². The van der Waals surface area contributed by atoms with Gasteiger partial charge in [-0.05, 0) is 54.4 Å². The van der Waals surface area contributed by atoms with E-state index in [1.807, 2.05) is 49.6 Å². The van der Waals surface area contributed by atoms with Gasteiger partial charge in [-0.15, -0.1) is 11.3 Å². The molecule has 1 saturated heterocycles. The van der Waals surface area contributed by atoms with Gasteiger partial charge in [-0.1, -0.05) is 94.6 Å². The van der Waals surface area contributed by atoms with Crippen molar-refractivity contribution < 1.29 is 23.1 Å². The average molecular weight is 796 g/mol. The summed E-state index contributed by atoms with van der Waals surface area (Å²) in [6.45, 7) is 9.86. The van der Waals surface area contributed by atoms with Gasteiger partial charge in [0.25, 0.3) is 0 Å². The zero-order chi connectivity index (χ0) is 39.5. The summed E-state index contributed by atoms with van der Waals surface area (Å²) in [7, 11) is -4.06. The van der Waals surface area contributed by atoms with Gasteiger partial charge in [-0.25, -0.2) is 18.2 Å². The topological polar surface area (TPSA) is 165 Å². The number of thiazole rings is 1. The molecule has 0 bridgehead atoms. The number of amides is 3. The third-order valence-corrected chi connectivity index (χ3v) is 13.5. The fourth-order valence-corrected chi connectivity index (χ4v) is 9.69. The molecule has 55 heavy (non-hydrogen) atoms. The van der Waals surface area contributed by atoms with Crippen LogP contribution in [0.4, 0.5) is 4.79 Å². The first-order valence-electron chi connectivity index (χ1n) is 19.5. The van der Waals surface area contributed by atoms with Crippen LogP contribution < -0.4 is 10.6 Å². The third kappa shape index (κ3) is 11.4. The number of carbonyl (C=O) groups is 2. The van der Waals surface area contributed by atoms with Gasteiger partial charge in [0, 0.05) is 44.1 Å². The summed E-state index contributed by atoms with van der Waals surface area (Å²) in [5.41, 5.74) is 2.28. The van der Waals surface area contributed by atoms with Crippen molar-refractivity contribution in [1.82, 2.24) is 29.7 Å². The van der Waals surface area contributed by atoms with Crippen molar-refractivity contribution in [2.75, 3.05) is 26.2 Å². The third-order valence-electron chi connectivity index (χ3n) is 10.8. The Kier molecular flexibility index (Phi) is 15.3. The molecule has 300 valence electrons. The van der Waals surface area contributed by atoms with Crippen molar-refractivity contribution in [1.29, 1.82) is 0 Å². The smallest absolute Gasteiger partial charge is 0.321 e. The van der Waals surface area contributed by atoms with Crippen LogP contribution in [0.3, 0.4) is 0 Å². The number of urea groups is 1. The zero-order valence-electron chi connectivity index (χ0n) is 32.5. The van der Waals surface area contributed by atoms with Gasteiger partial charge < -0.3 is 25.5 Å². The van der Waals surface area contributed by atoms with Crippen LogP contribution in [0.2, 0.25) is 0 Å². The second-order valence-electron chi connectivity index (χ2n) is 15.3. The number of aliphatic hydroxyl groups is 1. The number of rotatable bonds is 21. The predicted octanol–water partition coefficient (Wildman–Crippen LogP) is 5.53. The monoisotopic (exact) mass is 795 g/mol. The van der Waals surface area contributed by atoms with Crippen LogP contribution in [0.1, 0.15) is 81.6 Å². The standard InChI is InChI=1S/C40H57N7O6S2/c1-5-29(4)38(47-20-19-45(40(47)50)25-33-27-54-37(43-33)23-41-28(2)3)39(49)44-35(21-30-11-7-6-8-12-30)36(48)26-46(24-32-13-9-10-14-32)55(52,53)34-17-15-31(16-18-34)22-42-51/h6-8,11-12,15-18,27-29,32,35-36,38,41,48H,5,9-10,13-14,19-26H2,1-4H3,(H,44,49)/t29-,35-,36+,38-/m0/s1. The molecule has 3 aromatic rings. The Bertz CT molecular complexity index is 1800. The van der Waals surface area contributed by atoms with Gasteiger partial charge in [-0.3, -0.25) is 4.79 Å². The quantitative estimate of drug-likeness (QED) is 0.119. The molecular weight excluding hydrogens is 739 g/mol. The van der Waals surface area contributed by atoms with Crippen molar-refractivity contribution in [2.45, 2.75) is 115 Å². The Balaban J connectivity index is 1.36. The molecule has 1 aromatic heterocycles. The second kappa shape index (κ2) is 19.9. The molecule has 0 spiro atoms. The van der Waals surface area contributed by atoms with Crippen molar-refractivity contribution in [2.24, 2.45) is 17.0 Å². The molecule has 2 heterocycles.